The molecule has 3 aromatic rings. The summed E-state index contributed by atoms with van der Waals surface area (Å²) < 4.78 is 40.2. The number of pyridine rings is 1. The Balaban J connectivity index is 0.00000306. The Kier molecular flexibility index (Phi) is 6.55. The summed E-state index contributed by atoms with van der Waals surface area (Å²) in [6.07, 6.45) is -1.66. The highest BCUT2D eigenvalue weighted by Gasteiger charge is 2.35. The molecule has 4 rings (SSSR count). The van der Waals surface area contributed by atoms with Gasteiger partial charge < -0.3 is 10.6 Å². The molecule has 1 aliphatic heterocycles. The number of carbonyl (C=O) groups excluding carboxylic acids is 2. The molecule has 3 heterocycles. The van der Waals surface area contributed by atoms with Crippen molar-refractivity contribution < 1.29 is 22.8 Å². The normalized spacial score (nSPS) is 15.7. The van der Waals surface area contributed by atoms with Gasteiger partial charge in [-0.3, -0.25) is 14.3 Å². The maximum absolute atomic E-state index is 13.2. The number of Topliss-reactive ketones (excluding diaryl/α,β-unsaturated/α-hetero) is 1. The van der Waals surface area contributed by atoms with Gasteiger partial charge in [0.05, 0.1) is 17.8 Å². The molecule has 1 aromatic carbocycles. The van der Waals surface area contributed by atoms with Crippen molar-refractivity contribution in [1.82, 2.24) is 14.8 Å². The number of hydrogen-bond acceptors (Lipinski definition) is 5. The monoisotopic (exact) mass is 477 g/mol. The van der Waals surface area contributed by atoms with Crippen molar-refractivity contribution >= 4 is 36.7 Å². The van der Waals surface area contributed by atoms with Crippen molar-refractivity contribution in [1.29, 1.82) is 0 Å². The van der Waals surface area contributed by atoms with E-state index in [1.807, 2.05) is 6.92 Å². The second-order valence-corrected chi connectivity index (χ2v) is 7.80. The number of nitrogens with two attached hydrogens (primary N) is 1. The number of amides is 1. The fourth-order valence-corrected chi connectivity index (χ4v) is 3.72. The van der Waals surface area contributed by atoms with Crippen LogP contribution in [0.25, 0.3) is 0 Å². The van der Waals surface area contributed by atoms with Crippen molar-refractivity contribution in [3.05, 3.63) is 70.7 Å². The van der Waals surface area contributed by atoms with E-state index in [-0.39, 0.29) is 44.0 Å². The van der Waals surface area contributed by atoms with Crippen LogP contribution < -0.4 is 10.6 Å². The van der Waals surface area contributed by atoms with Crippen LogP contribution in [0.4, 0.5) is 24.7 Å². The van der Waals surface area contributed by atoms with Gasteiger partial charge >= 0.3 is 6.18 Å². The van der Waals surface area contributed by atoms with Gasteiger partial charge in [0.25, 0.3) is 5.91 Å². The second kappa shape index (κ2) is 8.89. The van der Waals surface area contributed by atoms with Gasteiger partial charge in [-0.15, -0.1) is 0 Å². The number of fused-ring (bicyclic) bond motifs is 1. The summed E-state index contributed by atoms with van der Waals surface area (Å²) in [6, 6.07) is 5.84. The largest absolute Gasteiger partial charge is 0.416 e. The molecule has 0 saturated heterocycles. The van der Waals surface area contributed by atoms with Crippen LogP contribution in [0.1, 0.15) is 50.5 Å². The molecule has 1 atom stereocenters. The Morgan fingerprint density at radius 3 is 2.48 bits per heavy atom. The number of ketones is 1. The average molecular weight is 478 g/mol. The first-order chi connectivity index (χ1) is 15.1. The minimum atomic E-state index is -4.46. The number of aryl methyl sites for hydroxylation is 1. The third-order valence-corrected chi connectivity index (χ3v) is 5.48. The van der Waals surface area contributed by atoms with Crippen LogP contribution in [0.3, 0.4) is 0 Å². The zero-order valence-corrected chi connectivity index (χ0v) is 18.8. The third kappa shape index (κ3) is 4.58. The van der Waals surface area contributed by atoms with Gasteiger partial charge in [-0.25, -0.2) is 4.98 Å². The number of rotatable bonds is 4. The average Bonchev–Trinajstić information content (AvgIpc) is 3.16. The number of aromatic nitrogens is 3. The minimum Gasteiger partial charge on any atom is -0.383 e. The van der Waals surface area contributed by atoms with E-state index in [2.05, 4.69) is 10.1 Å². The zero-order valence-electron chi connectivity index (χ0n) is 17.8. The second-order valence-electron chi connectivity index (χ2n) is 7.80. The summed E-state index contributed by atoms with van der Waals surface area (Å²) in [7, 11) is 0. The topological polar surface area (TPSA) is 94.1 Å². The van der Waals surface area contributed by atoms with Crippen molar-refractivity contribution in [3.63, 3.8) is 0 Å². The van der Waals surface area contributed by atoms with Gasteiger partial charge in [0.1, 0.15) is 11.5 Å². The molecule has 0 aliphatic carbocycles. The molecule has 0 radical (unpaired) electrons. The van der Waals surface area contributed by atoms with E-state index in [0.717, 1.165) is 12.1 Å². The molecule has 0 spiro atoms. The molecular formula is C22H22F3N5O2S. The van der Waals surface area contributed by atoms with E-state index in [4.69, 9.17) is 5.73 Å². The lowest BCUT2D eigenvalue weighted by Gasteiger charge is -2.32. The van der Waals surface area contributed by atoms with E-state index in [9.17, 15) is 22.8 Å². The summed E-state index contributed by atoms with van der Waals surface area (Å²) in [5, 5.41) is 4.27. The highest BCUT2D eigenvalue weighted by atomic mass is 32.1. The van der Waals surface area contributed by atoms with E-state index in [1.165, 1.54) is 29.4 Å². The van der Waals surface area contributed by atoms with Gasteiger partial charge in [0.2, 0.25) is 0 Å². The fourth-order valence-electron chi connectivity index (χ4n) is 3.72. The molecule has 2 N–H and O–H groups in total. The molecule has 0 unspecified atom stereocenters. The molecule has 1 amide bonds. The highest BCUT2D eigenvalue weighted by molar-refractivity contribution is 7.59. The van der Waals surface area contributed by atoms with Gasteiger partial charge in [0, 0.05) is 36.0 Å². The molecular weight excluding hydrogens is 455 g/mol. The minimum absolute atomic E-state index is 0. The van der Waals surface area contributed by atoms with Crippen molar-refractivity contribution in [2.45, 2.75) is 32.5 Å². The molecule has 1 aliphatic rings. The Hall–Kier alpha value is -3.34. The first-order valence-corrected chi connectivity index (χ1v) is 9.87. The van der Waals surface area contributed by atoms with Crippen molar-refractivity contribution in [2.75, 3.05) is 17.2 Å². The van der Waals surface area contributed by atoms with E-state index in [0.29, 0.717) is 28.2 Å². The summed E-state index contributed by atoms with van der Waals surface area (Å²) in [5.74, 6) is -0.334. The number of nitrogens with zero attached hydrogens (tertiary/aromatic N) is 4. The molecule has 7 nitrogen and oxygen atoms in total. The smallest absolute Gasteiger partial charge is 0.383 e. The van der Waals surface area contributed by atoms with Gasteiger partial charge in [-0.2, -0.15) is 31.8 Å². The Morgan fingerprint density at radius 1 is 1.21 bits per heavy atom. The van der Waals surface area contributed by atoms with E-state index in [1.54, 1.807) is 17.7 Å². The first-order valence-electron chi connectivity index (χ1n) is 9.87. The summed E-state index contributed by atoms with van der Waals surface area (Å²) in [5.41, 5.74) is 6.99. The molecule has 33 heavy (non-hydrogen) atoms. The van der Waals surface area contributed by atoms with Crippen LogP contribution in [0.2, 0.25) is 0 Å². The molecule has 174 valence electrons. The molecule has 0 saturated carbocycles. The molecule has 0 bridgehead atoms. The van der Waals surface area contributed by atoms with Gasteiger partial charge in [-0.05, 0) is 49.7 Å². The maximum Gasteiger partial charge on any atom is 0.416 e. The lowest BCUT2D eigenvalue weighted by molar-refractivity contribution is -0.137. The summed E-state index contributed by atoms with van der Waals surface area (Å²) in [4.78, 5) is 31.4. The number of anilines is 2. The van der Waals surface area contributed by atoms with E-state index >= 15 is 0 Å². The Bertz CT molecular complexity index is 1210. The number of halogens is 3. The predicted molar refractivity (Wildman–Crippen MR) is 122 cm³/mol. The molecule has 2 aromatic heterocycles. The number of alkyl halides is 3. The quantitative estimate of drug-likeness (QED) is 0.575. The summed E-state index contributed by atoms with van der Waals surface area (Å²) in [6.45, 7) is 3.83. The number of carbonyl (C=O) groups is 2. The van der Waals surface area contributed by atoms with Gasteiger partial charge in [-0.1, -0.05) is 0 Å². The van der Waals surface area contributed by atoms with Crippen LogP contribution >= 0.6 is 13.5 Å². The summed E-state index contributed by atoms with van der Waals surface area (Å²) >= 11 is 0. The Morgan fingerprint density at radius 2 is 1.88 bits per heavy atom. The standard InChI is InChI=1S/C22H20F3N5O2.H2S/c1-12-7-14(9-27-20(12)26)18(31)8-15-10-28-30-13(2)11-29(21(32)19(15)30)17-5-3-16(4-6-17)22(23,24)25;/h3-7,9-10,13H,8,11H2,1-2H3,(H2,26,27);1H2/t13-;/m0./s1. The predicted octanol–water partition coefficient (Wildman–Crippen LogP) is 3.95. The van der Waals surface area contributed by atoms with Crippen LogP contribution in [0.5, 0.6) is 0 Å². The fraction of sp³-hybridized carbons (Fsp3) is 0.273. The number of hydrogen-bond donors (Lipinski definition) is 1. The maximum atomic E-state index is 13.2. The van der Waals surface area contributed by atoms with E-state index < -0.39 is 17.6 Å². The van der Waals surface area contributed by atoms with Crippen LogP contribution in [0, 0.1) is 6.92 Å². The van der Waals surface area contributed by atoms with Crippen LogP contribution in [0.15, 0.2) is 42.7 Å². The van der Waals surface area contributed by atoms with Crippen LogP contribution in [-0.4, -0.2) is 33.0 Å². The van der Waals surface area contributed by atoms with Crippen molar-refractivity contribution in [2.24, 2.45) is 0 Å². The Labute approximate surface area is 194 Å². The van der Waals surface area contributed by atoms with Gasteiger partial charge in [0.15, 0.2) is 5.78 Å². The zero-order chi connectivity index (χ0) is 23.2. The lowest BCUT2D eigenvalue weighted by Crippen LogP contribution is -2.43. The number of nitrogen functional groups attached to an aromatic ring is 1. The first kappa shape index (κ1) is 24.3. The van der Waals surface area contributed by atoms with Crippen molar-refractivity contribution in [3.8, 4) is 0 Å². The highest BCUT2D eigenvalue weighted by Crippen LogP contribution is 2.33. The molecule has 0 fully saturated rings. The number of benzene rings is 1. The third-order valence-electron chi connectivity index (χ3n) is 5.48. The SMILES string of the molecule is Cc1cc(C(=O)Cc2cnn3c2C(=O)N(c2ccc(C(F)(F)F)cc2)C[C@@H]3C)cnc1N.S. The lowest BCUT2D eigenvalue weighted by atomic mass is 10.0. The molecule has 11 heteroatoms. The van der Waals surface area contributed by atoms with Crippen LogP contribution in [-0.2, 0) is 12.6 Å².